The fourth-order valence-electron chi connectivity index (χ4n) is 11.4. The van der Waals surface area contributed by atoms with E-state index in [0.29, 0.717) is 31.4 Å². The molecule has 1 N–H and O–H groups in total. The molecule has 8 nitrogen and oxygen atoms in total. The standard InChI is InChI=1S/C35H57NO7/c1-23(37)42-22-35(30(40)41-21-20-36-18-8-9-19-36)17-16-33(6)25(29(35)39)10-11-27-32(5)14-13-28(43-24(2)38)31(3,4)26(32)12-15-34(27,33)7/h25-29,39H,8-22H2,1-7H3/t25-,26+,27-,28+,29+,32+,33-,34-,35+/m1/s1. The quantitative estimate of drug-likeness (QED) is 0.299. The van der Waals surface area contributed by atoms with Gasteiger partial charge < -0.3 is 19.3 Å². The zero-order chi connectivity index (χ0) is 31.4. The molecule has 0 unspecified atom stereocenters. The number of carbonyl (C=O) groups is 3. The van der Waals surface area contributed by atoms with Gasteiger partial charge in [-0.05, 0) is 111 Å². The minimum absolute atomic E-state index is 0.0141. The van der Waals surface area contributed by atoms with Gasteiger partial charge in [-0.1, -0.05) is 34.6 Å². The molecule has 1 aliphatic heterocycles. The monoisotopic (exact) mass is 603 g/mol. The van der Waals surface area contributed by atoms with Gasteiger partial charge in [-0.2, -0.15) is 0 Å². The van der Waals surface area contributed by atoms with Crippen LogP contribution < -0.4 is 0 Å². The zero-order valence-electron chi connectivity index (χ0n) is 27.8. The first-order chi connectivity index (χ1) is 20.1. The Morgan fingerprint density at radius 1 is 0.791 bits per heavy atom. The summed E-state index contributed by atoms with van der Waals surface area (Å²) in [5.41, 5.74) is -1.43. The highest BCUT2D eigenvalue weighted by Gasteiger charge is 2.71. The van der Waals surface area contributed by atoms with E-state index in [1.807, 2.05) is 0 Å². The molecule has 0 bridgehead atoms. The van der Waals surface area contributed by atoms with Crippen LogP contribution in [0.3, 0.4) is 0 Å². The number of esters is 3. The molecule has 0 aromatic rings. The molecule has 9 atom stereocenters. The molecule has 5 rings (SSSR count). The highest BCUT2D eigenvalue weighted by molar-refractivity contribution is 5.79. The van der Waals surface area contributed by atoms with Crippen LogP contribution in [0.5, 0.6) is 0 Å². The van der Waals surface area contributed by atoms with Crippen LogP contribution in [0, 0.1) is 44.8 Å². The summed E-state index contributed by atoms with van der Waals surface area (Å²) in [6.45, 7) is 17.7. The van der Waals surface area contributed by atoms with Crippen molar-refractivity contribution >= 4 is 17.9 Å². The number of nitrogens with zero attached hydrogens (tertiary/aromatic N) is 1. The van der Waals surface area contributed by atoms with E-state index in [1.165, 1.54) is 26.7 Å². The van der Waals surface area contributed by atoms with Crippen LogP contribution in [0.2, 0.25) is 0 Å². The van der Waals surface area contributed by atoms with E-state index in [0.717, 1.165) is 58.0 Å². The SMILES string of the molecule is CC(=O)OC[C@@]1(C(=O)OCCN2CCCC2)CC[C@]2(C)[C@H](CC[C@@H]3[C@@]4(C)CC[C@H](OC(C)=O)C(C)(C)[C@@H]4CC[C@]32C)[C@@H]1O. The number of carbonyl (C=O) groups excluding carboxylic acids is 3. The predicted octanol–water partition coefficient (Wildman–Crippen LogP) is 5.54. The number of aliphatic hydroxyl groups is 1. The first-order valence-corrected chi connectivity index (χ1v) is 17.0. The summed E-state index contributed by atoms with van der Waals surface area (Å²) in [6.07, 6.45) is 8.41. The van der Waals surface area contributed by atoms with Crippen molar-refractivity contribution in [3.05, 3.63) is 0 Å². The van der Waals surface area contributed by atoms with Gasteiger partial charge in [0, 0.05) is 25.8 Å². The minimum Gasteiger partial charge on any atom is -0.465 e. The van der Waals surface area contributed by atoms with Gasteiger partial charge in [-0.25, -0.2) is 0 Å². The Balaban J connectivity index is 1.39. The zero-order valence-corrected chi connectivity index (χ0v) is 27.8. The van der Waals surface area contributed by atoms with E-state index in [4.69, 9.17) is 14.2 Å². The summed E-state index contributed by atoms with van der Waals surface area (Å²) in [4.78, 5) is 40.0. The smallest absolute Gasteiger partial charge is 0.318 e. The second-order valence-electron chi connectivity index (χ2n) is 16.2. The van der Waals surface area contributed by atoms with E-state index in [9.17, 15) is 19.5 Å². The van der Waals surface area contributed by atoms with Gasteiger partial charge >= 0.3 is 17.9 Å². The van der Waals surface area contributed by atoms with E-state index >= 15 is 0 Å². The molecule has 43 heavy (non-hydrogen) atoms. The van der Waals surface area contributed by atoms with Crippen LogP contribution >= 0.6 is 0 Å². The second kappa shape index (κ2) is 11.6. The highest BCUT2D eigenvalue weighted by atomic mass is 16.6. The molecule has 4 aliphatic carbocycles. The van der Waals surface area contributed by atoms with Crippen molar-refractivity contribution in [2.45, 2.75) is 125 Å². The van der Waals surface area contributed by atoms with Crippen LogP contribution in [0.1, 0.15) is 113 Å². The molecule has 0 aromatic heterocycles. The summed E-state index contributed by atoms with van der Waals surface area (Å²) < 4.78 is 17.2. The third-order valence-corrected chi connectivity index (χ3v) is 14.0. The topological polar surface area (TPSA) is 102 Å². The lowest BCUT2D eigenvalue weighted by Crippen LogP contribution is -2.69. The van der Waals surface area contributed by atoms with Gasteiger partial charge in [0.2, 0.25) is 0 Å². The maximum Gasteiger partial charge on any atom is 0.318 e. The first-order valence-electron chi connectivity index (χ1n) is 17.0. The maximum atomic E-state index is 13.8. The number of hydrogen-bond donors (Lipinski definition) is 1. The molecule has 0 radical (unpaired) electrons. The Hall–Kier alpha value is -1.67. The van der Waals surface area contributed by atoms with Crippen molar-refractivity contribution < 1.29 is 33.7 Å². The fraction of sp³-hybridized carbons (Fsp3) is 0.914. The van der Waals surface area contributed by atoms with E-state index in [-0.39, 0.29) is 46.3 Å². The van der Waals surface area contributed by atoms with Gasteiger partial charge in [0.15, 0.2) is 0 Å². The number of ether oxygens (including phenoxy) is 3. The van der Waals surface area contributed by atoms with Gasteiger partial charge in [-0.3, -0.25) is 19.3 Å². The van der Waals surface area contributed by atoms with Crippen LogP contribution in [0.4, 0.5) is 0 Å². The Kier molecular flexibility index (Phi) is 8.83. The lowest BCUT2D eigenvalue weighted by atomic mass is 9.33. The maximum absolute atomic E-state index is 13.8. The molecule has 1 heterocycles. The number of fused-ring (bicyclic) bond motifs is 5. The van der Waals surface area contributed by atoms with Gasteiger partial charge in [0.1, 0.15) is 24.7 Å². The van der Waals surface area contributed by atoms with Crippen molar-refractivity contribution in [2.75, 3.05) is 32.8 Å². The lowest BCUT2D eigenvalue weighted by Gasteiger charge is -2.72. The molecular formula is C35H57NO7. The Bertz CT molecular complexity index is 1090. The van der Waals surface area contributed by atoms with E-state index < -0.39 is 23.5 Å². The first kappa shape index (κ1) is 32.7. The van der Waals surface area contributed by atoms with Crippen LogP contribution in [0.25, 0.3) is 0 Å². The largest absolute Gasteiger partial charge is 0.465 e. The molecule has 1 saturated heterocycles. The third-order valence-electron chi connectivity index (χ3n) is 14.0. The van der Waals surface area contributed by atoms with Crippen molar-refractivity contribution in [1.29, 1.82) is 0 Å². The molecule has 5 aliphatic rings. The summed E-state index contributed by atoms with van der Waals surface area (Å²) in [5, 5.41) is 12.2. The van der Waals surface area contributed by atoms with Crippen molar-refractivity contribution in [2.24, 2.45) is 44.8 Å². The Labute approximate surface area is 258 Å². The fourth-order valence-corrected chi connectivity index (χ4v) is 11.4. The van der Waals surface area contributed by atoms with Gasteiger partial charge in [0.05, 0.1) is 6.10 Å². The van der Waals surface area contributed by atoms with Crippen molar-refractivity contribution in [3.63, 3.8) is 0 Å². The van der Waals surface area contributed by atoms with E-state index in [2.05, 4.69) is 39.5 Å². The summed E-state index contributed by atoms with van der Waals surface area (Å²) in [7, 11) is 0. The van der Waals surface area contributed by atoms with Crippen LogP contribution in [-0.2, 0) is 28.6 Å². The van der Waals surface area contributed by atoms with E-state index in [1.54, 1.807) is 0 Å². The molecule has 244 valence electrons. The molecule has 0 spiro atoms. The van der Waals surface area contributed by atoms with Gasteiger partial charge in [-0.15, -0.1) is 0 Å². The molecule has 0 aromatic carbocycles. The van der Waals surface area contributed by atoms with Crippen molar-refractivity contribution in [1.82, 2.24) is 4.90 Å². The predicted molar refractivity (Wildman–Crippen MR) is 163 cm³/mol. The Morgan fingerprint density at radius 2 is 1.49 bits per heavy atom. The number of hydrogen-bond acceptors (Lipinski definition) is 8. The lowest BCUT2D eigenvalue weighted by molar-refractivity contribution is -0.262. The minimum atomic E-state index is -1.24. The van der Waals surface area contributed by atoms with Crippen LogP contribution in [-0.4, -0.2) is 73.0 Å². The second-order valence-corrected chi connectivity index (χ2v) is 16.2. The Morgan fingerprint density at radius 3 is 2.14 bits per heavy atom. The average Bonchev–Trinajstić information content (AvgIpc) is 3.44. The number of likely N-dealkylation sites (tertiary alicyclic amines) is 1. The van der Waals surface area contributed by atoms with Crippen LogP contribution in [0.15, 0.2) is 0 Å². The molecule has 8 heteroatoms. The molecule has 0 amide bonds. The molecule has 4 saturated carbocycles. The summed E-state index contributed by atoms with van der Waals surface area (Å²) in [6, 6.07) is 0. The number of rotatable bonds is 7. The highest BCUT2D eigenvalue weighted by Crippen LogP contribution is 2.75. The molecule has 5 fully saturated rings. The van der Waals surface area contributed by atoms with Crippen molar-refractivity contribution in [3.8, 4) is 0 Å². The molecular weight excluding hydrogens is 546 g/mol. The third kappa shape index (κ3) is 5.24. The normalized spacial score (nSPS) is 44.0. The summed E-state index contributed by atoms with van der Waals surface area (Å²) in [5.74, 6) is -0.237. The van der Waals surface area contributed by atoms with Gasteiger partial charge in [0.25, 0.3) is 0 Å². The average molecular weight is 604 g/mol. The number of aliphatic hydroxyl groups excluding tert-OH is 1. The summed E-state index contributed by atoms with van der Waals surface area (Å²) >= 11 is 0.